The lowest BCUT2D eigenvalue weighted by Crippen LogP contribution is -2.34. The minimum atomic E-state index is -0.129. The van der Waals surface area contributed by atoms with Gasteiger partial charge in [-0.15, -0.1) is 0 Å². The van der Waals surface area contributed by atoms with Gasteiger partial charge in [-0.3, -0.25) is 9.78 Å². The van der Waals surface area contributed by atoms with Gasteiger partial charge in [0.05, 0.1) is 13.2 Å². The Labute approximate surface area is 152 Å². The van der Waals surface area contributed by atoms with E-state index in [0.29, 0.717) is 12.1 Å². The van der Waals surface area contributed by atoms with Gasteiger partial charge >= 0.3 is 0 Å². The Kier molecular flexibility index (Phi) is 5.43. The van der Waals surface area contributed by atoms with Crippen LogP contribution in [0.25, 0.3) is 11.1 Å². The van der Waals surface area contributed by atoms with E-state index in [0.717, 1.165) is 22.5 Å². The minimum absolute atomic E-state index is 0.0979. The van der Waals surface area contributed by atoms with Crippen LogP contribution in [-0.2, 0) is 13.6 Å². The number of aryl methyl sites for hydroxylation is 2. The number of hydrogen-bond acceptors (Lipinski definition) is 4. The first-order valence-corrected chi connectivity index (χ1v) is 8.47. The van der Waals surface area contributed by atoms with Gasteiger partial charge in [0.2, 0.25) is 0 Å². The third-order valence-electron chi connectivity index (χ3n) is 4.35. The van der Waals surface area contributed by atoms with E-state index in [1.807, 2.05) is 55.2 Å². The van der Waals surface area contributed by atoms with Gasteiger partial charge < -0.3 is 14.6 Å². The molecule has 3 rings (SSSR count). The van der Waals surface area contributed by atoms with Crippen molar-refractivity contribution in [2.75, 3.05) is 13.2 Å². The maximum Gasteiger partial charge on any atom is 0.254 e. The number of amides is 1. The number of hydrogen-bond donors (Lipinski definition) is 1. The van der Waals surface area contributed by atoms with E-state index in [2.05, 4.69) is 9.97 Å². The zero-order valence-corrected chi connectivity index (χ0v) is 15.0. The average molecular weight is 350 g/mol. The second-order valence-corrected chi connectivity index (χ2v) is 6.18. The molecule has 0 atom stereocenters. The van der Waals surface area contributed by atoms with Gasteiger partial charge in [-0.2, -0.15) is 0 Å². The first kappa shape index (κ1) is 17.8. The molecule has 6 nitrogen and oxygen atoms in total. The molecular formula is C20H22N4O2. The van der Waals surface area contributed by atoms with Crippen molar-refractivity contribution in [2.24, 2.45) is 7.05 Å². The number of aliphatic hydroxyl groups is 1. The molecule has 0 radical (unpaired) electrons. The summed E-state index contributed by atoms with van der Waals surface area (Å²) >= 11 is 0. The predicted molar refractivity (Wildman–Crippen MR) is 99.4 cm³/mol. The number of carbonyl (C=O) groups excluding carboxylic acids is 1. The Balaban J connectivity index is 1.89. The van der Waals surface area contributed by atoms with Gasteiger partial charge in [-0.1, -0.05) is 12.1 Å². The van der Waals surface area contributed by atoms with Crippen LogP contribution in [0.2, 0.25) is 0 Å². The Bertz CT molecular complexity index is 904. The standard InChI is InChI=1S/C20H22N4O2/c1-15-13-21-7-6-18(15)16-4-3-5-17(12-16)20(26)24(10-11-25)14-19-22-8-9-23(19)2/h3-9,12-13,25H,10-11,14H2,1-2H3. The highest BCUT2D eigenvalue weighted by Crippen LogP contribution is 2.24. The molecule has 1 amide bonds. The van der Waals surface area contributed by atoms with Crippen LogP contribution in [0.3, 0.4) is 0 Å². The zero-order chi connectivity index (χ0) is 18.5. The fourth-order valence-electron chi connectivity index (χ4n) is 2.89. The van der Waals surface area contributed by atoms with Crippen molar-refractivity contribution >= 4 is 5.91 Å². The second kappa shape index (κ2) is 7.93. The molecular weight excluding hydrogens is 328 g/mol. The maximum absolute atomic E-state index is 13.0. The minimum Gasteiger partial charge on any atom is -0.395 e. The van der Waals surface area contributed by atoms with E-state index in [1.165, 1.54) is 0 Å². The molecule has 0 aliphatic rings. The molecule has 0 aliphatic carbocycles. The number of aliphatic hydroxyl groups excluding tert-OH is 1. The number of imidazole rings is 1. The Hall–Kier alpha value is -2.99. The second-order valence-electron chi connectivity index (χ2n) is 6.18. The molecule has 0 saturated heterocycles. The smallest absolute Gasteiger partial charge is 0.254 e. The average Bonchev–Trinajstić information content (AvgIpc) is 3.06. The third kappa shape index (κ3) is 3.81. The molecule has 134 valence electrons. The summed E-state index contributed by atoms with van der Waals surface area (Å²) in [5.74, 6) is 0.642. The number of aromatic nitrogens is 3. The van der Waals surface area contributed by atoms with Gasteiger partial charge in [-0.05, 0) is 41.8 Å². The SMILES string of the molecule is Cc1cnccc1-c1cccc(C(=O)N(CCO)Cc2nccn2C)c1. The Morgan fingerprint density at radius 2 is 2.12 bits per heavy atom. The summed E-state index contributed by atoms with van der Waals surface area (Å²) in [6.45, 7) is 2.50. The molecule has 2 heterocycles. The molecule has 26 heavy (non-hydrogen) atoms. The van der Waals surface area contributed by atoms with E-state index in [4.69, 9.17) is 0 Å². The van der Waals surface area contributed by atoms with Gasteiger partial charge in [0.1, 0.15) is 5.82 Å². The van der Waals surface area contributed by atoms with Crippen LogP contribution in [0.15, 0.2) is 55.1 Å². The lowest BCUT2D eigenvalue weighted by atomic mass is 10.0. The van der Waals surface area contributed by atoms with Gasteiger partial charge in [0.15, 0.2) is 0 Å². The Morgan fingerprint density at radius 3 is 2.81 bits per heavy atom. The number of carbonyl (C=O) groups is 1. The van der Waals surface area contributed by atoms with Crippen LogP contribution in [0, 0.1) is 6.92 Å². The molecule has 0 bridgehead atoms. The number of benzene rings is 1. The molecule has 2 aromatic heterocycles. The van der Waals surface area contributed by atoms with E-state index >= 15 is 0 Å². The van der Waals surface area contributed by atoms with E-state index in [-0.39, 0.29) is 19.1 Å². The van der Waals surface area contributed by atoms with Crippen molar-refractivity contribution in [3.8, 4) is 11.1 Å². The molecule has 0 fully saturated rings. The summed E-state index contributed by atoms with van der Waals surface area (Å²) in [5.41, 5.74) is 3.66. The summed E-state index contributed by atoms with van der Waals surface area (Å²) in [4.78, 5) is 23.0. The summed E-state index contributed by atoms with van der Waals surface area (Å²) in [5, 5.41) is 9.37. The topological polar surface area (TPSA) is 71.2 Å². The van der Waals surface area contributed by atoms with Gasteiger partial charge in [-0.25, -0.2) is 4.98 Å². The summed E-state index contributed by atoms with van der Waals surface area (Å²) in [7, 11) is 1.89. The summed E-state index contributed by atoms with van der Waals surface area (Å²) in [6, 6.07) is 9.48. The maximum atomic E-state index is 13.0. The number of rotatable bonds is 6. The van der Waals surface area contributed by atoms with Crippen LogP contribution >= 0.6 is 0 Å². The molecule has 1 aromatic carbocycles. The summed E-state index contributed by atoms with van der Waals surface area (Å²) < 4.78 is 1.87. The van der Waals surface area contributed by atoms with Gasteiger partial charge in [0.25, 0.3) is 5.91 Å². The highest BCUT2D eigenvalue weighted by Gasteiger charge is 2.18. The number of pyridine rings is 1. The fraction of sp³-hybridized carbons (Fsp3) is 0.250. The molecule has 0 unspecified atom stereocenters. The largest absolute Gasteiger partial charge is 0.395 e. The third-order valence-corrected chi connectivity index (χ3v) is 4.35. The van der Waals surface area contributed by atoms with Crippen molar-refractivity contribution < 1.29 is 9.90 Å². The zero-order valence-electron chi connectivity index (χ0n) is 15.0. The van der Waals surface area contributed by atoms with Crippen LogP contribution in [0.5, 0.6) is 0 Å². The molecule has 3 aromatic rings. The Morgan fingerprint density at radius 1 is 1.27 bits per heavy atom. The highest BCUT2D eigenvalue weighted by molar-refractivity contribution is 5.95. The van der Waals surface area contributed by atoms with Crippen LogP contribution < -0.4 is 0 Å². The van der Waals surface area contributed by atoms with E-state index < -0.39 is 0 Å². The first-order chi connectivity index (χ1) is 12.6. The van der Waals surface area contributed by atoms with Gasteiger partial charge in [0, 0.05) is 43.9 Å². The van der Waals surface area contributed by atoms with Crippen molar-refractivity contribution in [3.05, 3.63) is 72.1 Å². The lowest BCUT2D eigenvalue weighted by Gasteiger charge is -2.22. The summed E-state index contributed by atoms with van der Waals surface area (Å²) in [6.07, 6.45) is 7.09. The van der Waals surface area contributed by atoms with Crippen LogP contribution in [0.1, 0.15) is 21.7 Å². The van der Waals surface area contributed by atoms with E-state index in [1.54, 1.807) is 23.4 Å². The van der Waals surface area contributed by atoms with Crippen LogP contribution in [0.4, 0.5) is 0 Å². The number of nitrogens with zero attached hydrogens (tertiary/aromatic N) is 4. The monoisotopic (exact) mass is 350 g/mol. The predicted octanol–water partition coefficient (Wildman–Crippen LogP) is 2.43. The van der Waals surface area contributed by atoms with Crippen LogP contribution in [-0.4, -0.2) is 43.6 Å². The quantitative estimate of drug-likeness (QED) is 0.741. The van der Waals surface area contributed by atoms with E-state index in [9.17, 15) is 9.90 Å². The normalized spacial score (nSPS) is 10.7. The van der Waals surface area contributed by atoms with Crippen molar-refractivity contribution in [3.63, 3.8) is 0 Å². The molecule has 0 saturated carbocycles. The van der Waals surface area contributed by atoms with Crippen molar-refractivity contribution in [1.82, 2.24) is 19.4 Å². The first-order valence-electron chi connectivity index (χ1n) is 8.47. The molecule has 0 aliphatic heterocycles. The molecule has 6 heteroatoms. The lowest BCUT2D eigenvalue weighted by molar-refractivity contribution is 0.0701. The molecule has 1 N–H and O–H groups in total. The molecule has 0 spiro atoms. The van der Waals surface area contributed by atoms with Crippen molar-refractivity contribution in [1.29, 1.82) is 0 Å². The highest BCUT2D eigenvalue weighted by atomic mass is 16.3. The fourth-order valence-corrected chi connectivity index (χ4v) is 2.89. The van der Waals surface area contributed by atoms with Crippen molar-refractivity contribution in [2.45, 2.75) is 13.5 Å².